The van der Waals surface area contributed by atoms with Gasteiger partial charge < -0.3 is 14.2 Å². The van der Waals surface area contributed by atoms with Crippen LogP contribution in [0.25, 0.3) is 0 Å². The number of carbonyl (C=O) groups is 1. The van der Waals surface area contributed by atoms with Crippen LogP contribution in [0.5, 0.6) is 0 Å². The first kappa shape index (κ1) is 8.89. The lowest BCUT2D eigenvalue weighted by atomic mass is 10.0. The van der Waals surface area contributed by atoms with Crippen LogP contribution < -0.4 is 11.3 Å². The van der Waals surface area contributed by atoms with Gasteiger partial charge in [-0.15, -0.1) is 0 Å². The van der Waals surface area contributed by atoms with E-state index in [0.717, 1.165) is 0 Å². The van der Waals surface area contributed by atoms with E-state index in [1.54, 1.807) is 0 Å². The number of amides is 1. The molecule has 3 unspecified atom stereocenters. The SMILES string of the molecule is NNC(=O)C1CC2OCOC2CO1. The van der Waals surface area contributed by atoms with E-state index in [1.807, 2.05) is 0 Å². The summed E-state index contributed by atoms with van der Waals surface area (Å²) in [6, 6.07) is 0. The van der Waals surface area contributed by atoms with Crippen molar-refractivity contribution in [2.75, 3.05) is 13.4 Å². The lowest BCUT2D eigenvalue weighted by molar-refractivity contribution is -0.143. The molecule has 0 radical (unpaired) electrons. The van der Waals surface area contributed by atoms with E-state index in [0.29, 0.717) is 13.0 Å². The smallest absolute Gasteiger partial charge is 0.263 e. The highest BCUT2D eigenvalue weighted by atomic mass is 16.7. The van der Waals surface area contributed by atoms with Gasteiger partial charge in [-0.2, -0.15) is 0 Å². The molecule has 6 heteroatoms. The largest absolute Gasteiger partial charge is 0.365 e. The van der Waals surface area contributed by atoms with Crippen molar-refractivity contribution in [1.82, 2.24) is 5.43 Å². The van der Waals surface area contributed by atoms with Gasteiger partial charge in [0, 0.05) is 6.42 Å². The molecule has 2 aliphatic rings. The van der Waals surface area contributed by atoms with Crippen molar-refractivity contribution in [3.05, 3.63) is 0 Å². The number of hydrogen-bond donors (Lipinski definition) is 2. The van der Waals surface area contributed by atoms with Crippen LogP contribution in [0.1, 0.15) is 6.42 Å². The highest BCUT2D eigenvalue weighted by Gasteiger charge is 2.39. The van der Waals surface area contributed by atoms with Crippen molar-refractivity contribution in [3.8, 4) is 0 Å². The maximum Gasteiger partial charge on any atom is 0.263 e. The molecular weight excluding hydrogens is 176 g/mol. The second-order valence-electron chi connectivity index (χ2n) is 3.09. The van der Waals surface area contributed by atoms with Crippen molar-refractivity contribution in [3.63, 3.8) is 0 Å². The molecule has 0 saturated carbocycles. The predicted molar refractivity (Wildman–Crippen MR) is 41.3 cm³/mol. The van der Waals surface area contributed by atoms with Gasteiger partial charge in [-0.25, -0.2) is 5.84 Å². The van der Waals surface area contributed by atoms with Crippen molar-refractivity contribution < 1.29 is 19.0 Å². The van der Waals surface area contributed by atoms with Gasteiger partial charge in [-0.3, -0.25) is 10.2 Å². The maximum absolute atomic E-state index is 11.1. The quantitative estimate of drug-likeness (QED) is 0.297. The molecule has 74 valence electrons. The minimum Gasteiger partial charge on any atom is -0.365 e. The lowest BCUT2D eigenvalue weighted by Crippen LogP contribution is -2.48. The molecule has 0 aromatic heterocycles. The topological polar surface area (TPSA) is 82.8 Å². The molecule has 0 bridgehead atoms. The van der Waals surface area contributed by atoms with Gasteiger partial charge in [0.2, 0.25) is 0 Å². The Morgan fingerprint density at radius 3 is 2.85 bits per heavy atom. The Labute approximate surface area is 75.3 Å². The molecule has 2 aliphatic heterocycles. The Kier molecular flexibility index (Phi) is 2.45. The first-order chi connectivity index (χ1) is 6.31. The number of nitrogens with two attached hydrogens (primary N) is 1. The summed E-state index contributed by atoms with van der Waals surface area (Å²) in [5, 5.41) is 0. The van der Waals surface area contributed by atoms with E-state index in [1.165, 1.54) is 0 Å². The van der Waals surface area contributed by atoms with E-state index in [4.69, 9.17) is 20.1 Å². The first-order valence-corrected chi connectivity index (χ1v) is 4.16. The monoisotopic (exact) mass is 188 g/mol. The van der Waals surface area contributed by atoms with Crippen molar-refractivity contribution in [2.24, 2.45) is 5.84 Å². The number of hydrogen-bond acceptors (Lipinski definition) is 5. The fourth-order valence-electron chi connectivity index (χ4n) is 1.57. The summed E-state index contributed by atoms with van der Waals surface area (Å²) in [4.78, 5) is 11.1. The number of hydrazine groups is 1. The third-order valence-corrected chi connectivity index (χ3v) is 2.32. The third-order valence-electron chi connectivity index (χ3n) is 2.32. The van der Waals surface area contributed by atoms with Gasteiger partial charge in [0.25, 0.3) is 5.91 Å². The number of rotatable bonds is 1. The number of nitrogens with one attached hydrogen (secondary N) is 1. The summed E-state index contributed by atoms with van der Waals surface area (Å²) >= 11 is 0. The van der Waals surface area contributed by atoms with E-state index in [2.05, 4.69) is 5.43 Å². The molecule has 3 N–H and O–H groups in total. The summed E-state index contributed by atoms with van der Waals surface area (Å²) in [6.45, 7) is 0.679. The first-order valence-electron chi connectivity index (χ1n) is 4.16. The van der Waals surface area contributed by atoms with E-state index in [9.17, 15) is 4.79 Å². The molecule has 0 aromatic rings. The second kappa shape index (κ2) is 3.59. The van der Waals surface area contributed by atoms with Gasteiger partial charge in [-0.1, -0.05) is 0 Å². The minimum absolute atomic E-state index is 0.0261. The van der Waals surface area contributed by atoms with E-state index in [-0.39, 0.29) is 24.9 Å². The third kappa shape index (κ3) is 1.66. The van der Waals surface area contributed by atoms with E-state index >= 15 is 0 Å². The Balaban J connectivity index is 1.93. The average molecular weight is 188 g/mol. The van der Waals surface area contributed by atoms with Crippen LogP contribution in [0.4, 0.5) is 0 Å². The Morgan fingerprint density at radius 2 is 2.08 bits per heavy atom. The van der Waals surface area contributed by atoms with Crippen LogP contribution in [-0.4, -0.2) is 37.6 Å². The molecule has 2 heterocycles. The van der Waals surface area contributed by atoms with Crippen LogP contribution in [0, 0.1) is 0 Å². The van der Waals surface area contributed by atoms with Gasteiger partial charge in [0.15, 0.2) is 0 Å². The zero-order valence-corrected chi connectivity index (χ0v) is 7.06. The molecule has 3 atom stereocenters. The normalized spacial score (nSPS) is 38.4. The Hall–Kier alpha value is -0.690. The summed E-state index contributed by atoms with van der Waals surface area (Å²) in [6.07, 6.45) is -0.0564. The number of ether oxygens (including phenoxy) is 3. The predicted octanol–water partition coefficient (Wildman–Crippen LogP) is -1.49. The average Bonchev–Trinajstić information content (AvgIpc) is 2.63. The van der Waals surface area contributed by atoms with Gasteiger partial charge in [0.05, 0.1) is 12.7 Å². The van der Waals surface area contributed by atoms with Gasteiger partial charge in [0.1, 0.15) is 19.0 Å². The van der Waals surface area contributed by atoms with Crippen LogP contribution in [0.2, 0.25) is 0 Å². The van der Waals surface area contributed by atoms with Gasteiger partial charge in [-0.05, 0) is 0 Å². The zero-order valence-electron chi connectivity index (χ0n) is 7.06. The van der Waals surface area contributed by atoms with Crippen LogP contribution in [0.15, 0.2) is 0 Å². The summed E-state index contributed by atoms with van der Waals surface area (Å²) in [5.74, 6) is 4.68. The molecule has 13 heavy (non-hydrogen) atoms. The van der Waals surface area contributed by atoms with E-state index < -0.39 is 6.10 Å². The summed E-state index contributed by atoms with van der Waals surface area (Å²) in [5.41, 5.74) is 2.05. The molecule has 6 nitrogen and oxygen atoms in total. The Bertz CT molecular complexity index is 211. The summed E-state index contributed by atoms with van der Waals surface area (Å²) in [7, 11) is 0. The van der Waals surface area contributed by atoms with Crippen molar-refractivity contribution >= 4 is 5.91 Å². The number of fused-ring (bicyclic) bond motifs is 1. The lowest BCUT2D eigenvalue weighted by Gasteiger charge is -2.28. The number of carbonyl (C=O) groups excluding carboxylic acids is 1. The van der Waals surface area contributed by atoms with Crippen molar-refractivity contribution in [2.45, 2.75) is 24.7 Å². The molecule has 2 saturated heterocycles. The second-order valence-corrected chi connectivity index (χ2v) is 3.09. The fourth-order valence-corrected chi connectivity index (χ4v) is 1.57. The van der Waals surface area contributed by atoms with Crippen LogP contribution in [-0.2, 0) is 19.0 Å². The molecule has 2 fully saturated rings. The molecule has 0 spiro atoms. The molecular formula is C7H12N2O4. The highest BCUT2D eigenvalue weighted by Crippen LogP contribution is 2.24. The maximum atomic E-state index is 11.1. The molecule has 0 aliphatic carbocycles. The molecule has 1 amide bonds. The molecule has 2 rings (SSSR count). The fraction of sp³-hybridized carbons (Fsp3) is 0.857. The van der Waals surface area contributed by atoms with Gasteiger partial charge >= 0.3 is 0 Å². The standard InChI is InChI=1S/C7H12N2O4/c8-9-7(10)5-1-4-6(2-11-5)13-3-12-4/h4-6H,1-3,8H2,(H,9,10). The Morgan fingerprint density at radius 1 is 1.31 bits per heavy atom. The van der Waals surface area contributed by atoms with Crippen molar-refractivity contribution in [1.29, 1.82) is 0 Å². The highest BCUT2D eigenvalue weighted by molar-refractivity contribution is 5.80. The zero-order chi connectivity index (χ0) is 9.26. The van der Waals surface area contributed by atoms with Crippen LogP contribution >= 0.6 is 0 Å². The molecule has 0 aromatic carbocycles. The minimum atomic E-state index is -0.507. The summed E-state index contributed by atoms with van der Waals surface area (Å²) < 4.78 is 15.7. The van der Waals surface area contributed by atoms with Crippen LogP contribution in [0.3, 0.4) is 0 Å².